The summed E-state index contributed by atoms with van der Waals surface area (Å²) in [7, 11) is -4.89. The van der Waals surface area contributed by atoms with Gasteiger partial charge < -0.3 is 5.32 Å². The number of amides is 1. The highest BCUT2D eigenvalue weighted by atomic mass is 32.3. The molecule has 0 radical (unpaired) electrons. The molecule has 0 unspecified atom stereocenters. The second-order valence-corrected chi connectivity index (χ2v) is 6.02. The van der Waals surface area contributed by atoms with Crippen LogP contribution in [0.25, 0.3) is 0 Å². The van der Waals surface area contributed by atoms with Crippen LogP contribution < -0.4 is 5.32 Å². The Hall–Kier alpha value is -1.80. The third-order valence-corrected chi connectivity index (χ3v) is 3.90. The molecular formula is C11H9FN2O3S2. The molecule has 19 heavy (non-hydrogen) atoms. The number of aromatic nitrogens is 1. The molecule has 2 rings (SSSR count). The Balaban J connectivity index is 2.32. The monoisotopic (exact) mass is 300 g/mol. The van der Waals surface area contributed by atoms with Crippen molar-refractivity contribution in [3.63, 3.8) is 0 Å². The average molecular weight is 300 g/mol. The highest BCUT2D eigenvalue weighted by Crippen LogP contribution is 2.23. The molecule has 5 nitrogen and oxygen atoms in total. The van der Waals surface area contributed by atoms with Crippen LogP contribution in [-0.4, -0.2) is 19.3 Å². The molecule has 1 amide bonds. The first-order valence-electron chi connectivity index (χ1n) is 5.15. The molecule has 0 fully saturated rings. The molecule has 1 heterocycles. The lowest BCUT2D eigenvalue weighted by molar-refractivity contribution is 0.102. The maximum atomic E-state index is 13.0. The number of anilines is 1. The molecule has 0 spiro atoms. The van der Waals surface area contributed by atoms with Crippen LogP contribution in [0.3, 0.4) is 0 Å². The third-order valence-electron chi connectivity index (χ3n) is 2.25. The van der Waals surface area contributed by atoms with Crippen molar-refractivity contribution in [2.75, 3.05) is 5.32 Å². The van der Waals surface area contributed by atoms with Crippen molar-refractivity contribution in [1.29, 1.82) is 0 Å². The predicted octanol–water partition coefficient (Wildman–Crippen LogP) is 2.36. The minimum Gasteiger partial charge on any atom is -0.319 e. The Morgan fingerprint density at radius 3 is 2.63 bits per heavy atom. The van der Waals surface area contributed by atoms with Gasteiger partial charge in [-0.05, 0) is 19.1 Å². The van der Waals surface area contributed by atoms with E-state index < -0.39 is 21.0 Å². The minimum absolute atomic E-state index is 0.111. The fourth-order valence-corrected chi connectivity index (χ4v) is 2.65. The molecule has 0 aliphatic carbocycles. The Morgan fingerprint density at radius 2 is 2.05 bits per heavy atom. The molecule has 1 aromatic carbocycles. The fraction of sp³-hybridized carbons (Fsp3) is 0.0909. The van der Waals surface area contributed by atoms with Gasteiger partial charge in [-0.2, -0.15) is 8.42 Å². The molecule has 1 N–H and O–H groups in total. The lowest BCUT2D eigenvalue weighted by Gasteiger charge is -2.06. The van der Waals surface area contributed by atoms with Crippen molar-refractivity contribution in [1.82, 2.24) is 4.98 Å². The lowest BCUT2D eigenvalue weighted by atomic mass is 10.3. The molecule has 0 bridgehead atoms. The quantitative estimate of drug-likeness (QED) is 0.883. The summed E-state index contributed by atoms with van der Waals surface area (Å²) in [6.45, 7) is 1.74. The highest BCUT2D eigenvalue weighted by Gasteiger charge is 2.19. The van der Waals surface area contributed by atoms with Gasteiger partial charge in [0.2, 0.25) is 0 Å². The molecule has 100 valence electrons. The van der Waals surface area contributed by atoms with Crippen molar-refractivity contribution in [3.05, 3.63) is 40.3 Å². The van der Waals surface area contributed by atoms with E-state index in [1.54, 1.807) is 6.92 Å². The molecule has 2 aromatic rings. The van der Waals surface area contributed by atoms with E-state index in [9.17, 15) is 17.1 Å². The molecule has 8 heteroatoms. The van der Waals surface area contributed by atoms with E-state index in [2.05, 4.69) is 10.3 Å². The molecule has 0 saturated carbocycles. The smallest absolute Gasteiger partial charge is 0.319 e. The maximum absolute atomic E-state index is 13.0. The summed E-state index contributed by atoms with van der Waals surface area (Å²) in [5.41, 5.74) is 0.0502. The predicted molar refractivity (Wildman–Crippen MR) is 69.5 cm³/mol. The SMILES string of the molecule is Cc1nc(C(=O)Nc2ccccc2S(=O)(=O)F)cs1. The van der Waals surface area contributed by atoms with Gasteiger partial charge in [-0.15, -0.1) is 15.2 Å². The zero-order valence-corrected chi connectivity index (χ0v) is 11.4. The third kappa shape index (κ3) is 3.15. The topological polar surface area (TPSA) is 76.1 Å². The number of aryl methyl sites for hydroxylation is 1. The molecule has 0 aliphatic rings. The Bertz CT molecular complexity index is 725. The number of halogens is 1. The van der Waals surface area contributed by atoms with Gasteiger partial charge in [0.05, 0.1) is 10.7 Å². The molecular weight excluding hydrogens is 291 g/mol. The average Bonchev–Trinajstić information content (AvgIpc) is 2.75. The number of carbonyl (C=O) groups excluding carboxylic acids is 1. The normalized spacial score (nSPS) is 11.3. The largest absolute Gasteiger partial charge is 0.334 e. The number of rotatable bonds is 3. The van der Waals surface area contributed by atoms with Gasteiger partial charge in [0.1, 0.15) is 10.6 Å². The first kappa shape index (κ1) is 13.6. The number of benzene rings is 1. The molecule has 0 atom stereocenters. The standard InChI is InChI=1S/C11H9FN2O3S2/c1-7-13-9(6-18-7)11(15)14-8-4-2-3-5-10(8)19(12,16)17/h2-6H,1H3,(H,14,15). The summed E-state index contributed by atoms with van der Waals surface area (Å²) in [6, 6.07) is 5.26. The fourth-order valence-electron chi connectivity index (χ4n) is 1.44. The van der Waals surface area contributed by atoms with Crippen LogP contribution in [0.15, 0.2) is 34.5 Å². The Morgan fingerprint density at radius 1 is 1.37 bits per heavy atom. The zero-order chi connectivity index (χ0) is 14.0. The molecule has 1 aromatic heterocycles. The Labute approximate surface area is 113 Å². The second-order valence-electron chi connectivity index (χ2n) is 3.64. The van der Waals surface area contributed by atoms with Crippen molar-refractivity contribution in [3.8, 4) is 0 Å². The van der Waals surface area contributed by atoms with E-state index in [0.717, 1.165) is 6.07 Å². The van der Waals surface area contributed by atoms with Crippen LogP contribution >= 0.6 is 11.3 Å². The maximum Gasteiger partial charge on any atom is 0.334 e. The molecule has 0 aliphatic heterocycles. The summed E-state index contributed by atoms with van der Waals surface area (Å²) in [5, 5.41) is 4.58. The minimum atomic E-state index is -4.89. The van der Waals surface area contributed by atoms with Crippen LogP contribution in [0, 0.1) is 6.92 Å². The first-order valence-corrected chi connectivity index (χ1v) is 7.41. The van der Waals surface area contributed by atoms with Crippen molar-refractivity contribution < 1.29 is 17.1 Å². The van der Waals surface area contributed by atoms with Gasteiger partial charge in [0, 0.05) is 5.38 Å². The van der Waals surface area contributed by atoms with Crippen molar-refractivity contribution in [2.45, 2.75) is 11.8 Å². The van der Waals surface area contributed by atoms with Gasteiger partial charge in [-0.25, -0.2) is 4.98 Å². The Kier molecular flexibility index (Phi) is 3.63. The van der Waals surface area contributed by atoms with Crippen LogP contribution in [0.4, 0.5) is 9.57 Å². The number of nitrogens with zero attached hydrogens (tertiary/aromatic N) is 1. The number of thiazole rings is 1. The number of hydrogen-bond acceptors (Lipinski definition) is 5. The summed E-state index contributed by atoms with van der Waals surface area (Å²) in [6.07, 6.45) is 0. The van der Waals surface area contributed by atoms with Gasteiger partial charge in [0.15, 0.2) is 0 Å². The van der Waals surface area contributed by atoms with Gasteiger partial charge in [0.25, 0.3) is 5.91 Å². The summed E-state index contributed by atoms with van der Waals surface area (Å²) < 4.78 is 34.9. The summed E-state index contributed by atoms with van der Waals surface area (Å²) in [4.78, 5) is 15.2. The zero-order valence-electron chi connectivity index (χ0n) is 9.75. The summed E-state index contributed by atoms with van der Waals surface area (Å²) in [5.74, 6) is -0.583. The second kappa shape index (κ2) is 5.06. The van der Waals surface area contributed by atoms with E-state index in [-0.39, 0.29) is 11.4 Å². The van der Waals surface area contributed by atoms with Gasteiger partial charge >= 0.3 is 10.2 Å². The van der Waals surface area contributed by atoms with Crippen molar-refractivity contribution >= 4 is 33.2 Å². The van der Waals surface area contributed by atoms with Gasteiger partial charge in [-0.3, -0.25) is 4.79 Å². The van der Waals surface area contributed by atoms with Crippen molar-refractivity contribution in [2.24, 2.45) is 0 Å². The van der Waals surface area contributed by atoms with E-state index in [1.165, 1.54) is 34.9 Å². The first-order chi connectivity index (χ1) is 8.88. The number of hydrogen-bond donors (Lipinski definition) is 1. The van der Waals surface area contributed by atoms with Gasteiger partial charge in [-0.1, -0.05) is 12.1 Å². The van der Waals surface area contributed by atoms with E-state index in [0.29, 0.717) is 5.01 Å². The van der Waals surface area contributed by atoms with E-state index in [1.807, 2.05) is 0 Å². The molecule has 0 saturated heterocycles. The van der Waals surface area contributed by atoms with Crippen LogP contribution in [0.1, 0.15) is 15.5 Å². The lowest BCUT2D eigenvalue weighted by Crippen LogP contribution is -2.14. The summed E-state index contributed by atoms with van der Waals surface area (Å²) >= 11 is 1.29. The van der Waals surface area contributed by atoms with Crippen LogP contribution in [0.5, 0.6) is 0 Å². The van der Waals surface area contributed by atoms with E-state index >= 15 is 0 Å². The number of nitrogens with one attached hydrogen (secondary N) is 1. The van der Waals surface area contributed by atoms with Crippen LogP contribution in [-0.2, 0) is 10.2 Å². The highest BCUT2D eigenvalue weighted by molar-refractivity contribution is 7.86. The number of carbonyl (C=O) groups is 1. The number of para-hydroxylation sites is 1. The van der Waals surface area contributed by atoms with E-state index in [4.69, 9.17) is 0 Å². The van der Waals surface area contributed by atoms with Crippen LogP contribution in [0.2, 0.25) is 0 Å².